The number of nitrogens with one attached hydrogen (secondary N) is 2. The van der Waals surface area contributed by atoms with Crippen molar-refractivity contribution in [3.63, 3.8) is 0 Å². The Balaban J connectivity index is 1.60. The molecule has 1 aromatic heterocycles. The van der Waals surface area contributed by atoms with Gasteiger partial charge in [0.25, 0.3) is 5.91 Å². The molecular formula is C23H25N3O2. The molecular weight excluding hydrogens is 350 g/mol. The minimum Gasteiger partial charge on any atom is -0.497 e. The highest BCUT2D eigenvalue weighted by atomic mass is 16.5. The van der Waals surface area contributed by atoms with Gasteiger partial charge in [-0.2, -0.15) is 0 Å². The van der Waals surface area contributed by atoms with E-state index in [9.17, 15) is 4.79 Å². The lowest BCUT2D eigenvalue weighted by atomic mass is 10.0. The number of nitrogens with zero attached hydrogens (tertiary/aromatic N) is 1. The van der Waals surface area contributed by atoms with Crippen LogP contribution in [0.3, 0.4) is 0 Å². The molecule has 3 aromatic rings. The fraction of sp³-hybridized carbons (Fsp3) is 0.304. The summed E-state index contributed by atoms with van der Waals surface area (Å²) in [6.45, 7) is 2.83. The summed E-state index contributed by atoms with van der Waals surface area (Å²) in [7, 11) is 1.65. The van der Waals surface area contributed by atoms with Crippen LogP contribution in [0.2, 0.25) is 0 Å². The first-order valence-corrected chi connectivity index (χ1v) is 9.78. The van der Waals surface area contributed by atoms with Gasteiger partial charge in [-0.15, -0.1) is 0 Å². The molecule has 5 heteroatoms. The van der Waals surface area contributed by atoms with Gasteiger partial charge in [-0.25, -0.2) is 4.98 Å². The molecule has 0 saturated carbocycles. The van der Waals surface area contributed by atoms with E-state index in [2.05, 4.69) is 10.6 Å². The number of aromatic nitrogens is 1. The summed E-state index contributed by atoms with van der Waals surface area (Å²) in [5.74, 6) is 1.41. The molecule has 28 heavy (non-hydrogen) atoms. The molecule has 1 saturated heterocycles. The molecule has 0 aliphatic carbocycles. The van der Waals surface area contributed by atoms with Crippen molar-refractivity contribution in [2.75, 3.05) is 26.7 Å². The summed E-state index contributed by atoms with van der Waals surface area (Å²) < 4.78 is 5.23. The molecule has 1 aliphatic rings. The summed E-state index contributed by atoms with van der Waals surface area (Å²) in [5.41, 5.74) is 3.23. The van der Waals surface area contributed by atoms with Crippen molar-refractivity contribution in [1.82, 2.24) is 15.6 Å². The topological polar surface area (TPSA) is 63.2 Å². The van der Waals surface area contributed by atoms with Crippen molar-refractivity contribution >= 4 is 16.8 Å². The quantitative estimate of drug-likeness (QED) is 0.690. The Morgan fingerprint density at radius 3 is 2.79 bits per heavy atom. The van der Waals surface area contributed by atoms with Crippen LogP contribution in [-0.2, 0) is 0 Å². The van der Waals surface area contributed by atoms with E-state index in [0.29, 0.717) is 18.0 Å². The van der Waals surface area contributed by atoms with E-state index in [1.165, 1.54) is 6.42 Å². The van der Waals surface area contributed by atoms with Crippen LogP contribution in [0.25, 0.3) is 22.2 Å². The van der Waals surface area contributed by atoms with Gasteiger partial charge in [0.05, 0.1) is 23.9 Å². The number of rotatable bonds is 6. The zero-order valence-electron chi connectivity index (χ0n) is 16.1. The van der Waals surface area contributed by atoms with Gasteiger partial charge in [-0.05, 0) is 68.2 Å². The van der Waals surface area contributed by atoms with E-state index in [4.69, 9.17) is 9.72 Å². The minimum absolute atomic E-state index is 0.0423. The first-order valence-electron chi connectivity index (χ1n) is 9.78. The van der Waals surface area contributed by atoms with Crippen LogP contribution in [0.15, 0.2) is 54.6 Å². The predicted octanol–water partition coefficient (Wildman–Crippen LogP) is 3.64. The Hall–Kier alpha value is -2.92. The molecule has 0 radical (unpaired) electrons. The second-order valence-corrected chi connectivity index (χ2v) is 7.20. The molecule has 5 nitrogen and oxygen atoms in total. The van der Waals surface area contributed by atoms with Crippen molar-refractivity contribution in [2.45, 2.75) is 12.8 Å². The summed E-state index contributed by atoms with van der Waals surface area (Å²) in [6, 6.07) is 17.4. The average Bonchev–Trinajstić information content (AvgIpc) is 3.26. The molecule has 4 rings (SSSR count). The number of pyridine rings is 1. The van der Waals surface area contributed by atoms with Gasteiger partial charge in [0.1, 0.15) is 5.75 Å². The lowest BCUT2D eigenvalue weighted by molar-refractivity contribution is 0.0953. The first kappa shape index (κ1) is 18.4. The van der Waals surface area contributed by atoms with E-state index in [1.54, 1.807) is 7.11 Å². The van der Waals surface area contributed by atoms with E-state index < -0.39 is 0 Å². The SMILES string of the molecule is COc1ccc(-c2cc(C(=O)NCCC3CCNC3)c3ccccc3n2)cc1. The van der Waals surface area contributed by atoms with E-state index in [-0.39, 0.29) is 5.91 Å². The zero-order valence-corrected chi connectivity index (χ0v) is 16.1. The molecule has 2 aromatic carbocycles. The molecule has 2 N–H and O–H groups in total. The van der Waals surface area contributed by atoms with Gasteiger partial charge in [0, 0.05) is 17.5 Å². The van der Waals surface area contributed by atoms with Gasteiger partial charge in [-0.3, -0.25) is 4.79 Å². The van der Waals surface area contributed by atoms with Crippen molar-refractivity contribution in [1.29, 1.82) is 0 Å². The van der Waals surface area contributed by atoms with Gasteiger partial charge < -0.3 is 15.4 Å². The van der Waals surface area contributed by atoms with Gasteiger partial charge >= 0.3 is 0 Å². The minimum atomic E-state index is -0.0423. The summed E-state index contributed by atoms with van der Waals surface area (Å²) in [4.78, 5) is 17.7. The fourth-order valence-corrected chi connectivity index (χ4v) is 3.72. The largest absolute Gasteiger partial charge is 0.497 e. The number of carbonyl (C=O) groups excluding carboxylic acids is 1. The number of para-hydroxylation sites is 1. The number of amides is 1. The Morgan fingerprint density at radius 2 is 2.04 bits per heavy atom. The van der Waals surface area contributed by atoms with Gasteiger partial charge in [-0.1, -0.05) is 18.2 Å². The Morgan fingerprint density at radius 1 is 1.21 bits per heavy atom. The maximum absolute atomic E-state index is 12.9. The lowest BCUT2D eigenvalue weighted by Crippen LogP contribution is -2.26. The van der Waals surface area contributed by atoms with Crippen LogP contribution in [0.4, 0.5) is 0 Å². The standard InChI is InChI=1S/C23H25N3O2/c1-28-18-8-6-17(7-9-18)22-14-20(19-4-2-3-5-21(19)26-22)23(27)25-13-11-16-10-12-24-15-16/h2-9,14,16,24H,10-13,15H2,1H3,(H,25,27). The van der Waals surface area contributed by atoms with Crippen molar-refractivity contribution in [3.8, 4) is 17.0 Å². The second-order valence-electron chi connectivity index (χ2n) is 7.20. The number of hydrogen-bond donors (Lipinski definition) is 2. The first-order chi connectivity index (χ1) is 13.7. The number of fused-ring (bicyclic) bond motifs is 1. The molecule has 1 unspecified atom stereocenters. The highest BCUT2D eigenvalue weighted by Gasteiger charge is 2.16. The molecule has 1 aliphatic heterocycles. The number of hydrogen-bond acceptors (Lipinski definition) is 4. The third kappa shape index (κ3) is 3.99. The predicted molar refractivity (Wildman–Crippen MR) is 112 cm³/mol. The molecule has 2 heterocycles. The van der Waals surface area contributed by atoms with E-state index in [1.807, 2.05) is 54.6 Å². The maximum Gasteiger partial charge on any atom is 0.252 e. The van der Waals surface area contributed by atoms with Gasteiger partial charge in [0.15, 0.2) is 0 Å². The number of ether oxygens (including phenoxy) is 1. The van der Waals surface area contributed by atoms with Crippen LogP contribution < -0.4 is 15.4 Å². The van der Waals surface area contributed by atoms with Crippen molar-refractivity contribution < 1.29 is 9.53 Å². The van der Waals surface area contributed by atoms with E-state index >= 15 is 0 Å². The van der Waals surface area contributed by atoms with E-state index in [0.717, 1.165) is 47.4 Å². The maximum atomic E-state index is 12.9. The van der Waals surface area contributed by atoms with Gasteiger partial charge in [0.2, 0.25) is 0 Å². The summed E-state index contributed by atoms with van der Waals surface area (Å²) >= 11 is 0. The highest BCUT2D eigenvalue weighted by Crippen LogP contribution is 2.26. The molecule has 1 atom stereocenters. The average molecular weight is 375 g/mol. The summed E-state index contributed by atoms with van der Waals surface area (Å²) in [5, 5.41) is 7.35. The smallest absolute Gasteiger partial charge is 0.252 e. The molecule has 0 bridgehead atoms. The van der Waals surface area contributed by atoms with Crippen molar-refractivity contribution in [2.24, 2.45) is 5.92 Å². The van der Waals surface area contributed by atoms with Crippen molar-refractivity contribution in [3.05, 3.63) is 60.2 Å². The normalized spacial score (nSPS) is 16.2. The Bertz CT molecular complexity index is 963. The van der Waals surface area contributed by atoms with Crippen LogP contribution in [-0.4, -0.2) is 37.6 Å². The fourth-order valence-electron chi connectivity index (χ4n) is 3.72. The van der Waals surface area contributed by atoms with Crippen LogP contribution in [0.5, 0.6) is 5.75 Å². The monoisotopic (exact) mass is 375 g/mol. The highest BCUT2D eigenvalue weighted by molar-refractivity contribution is 6.07. The molecule has 1 amide bonds. The molecule has 1 fully saturated rings. The number of methoxy groups -OCH3 is 1. The lowest BCUT2D eigenvalue weighted by Gasteiger charge is -2.12. The zero-order chi connectivity index (χ0) is 19.3. The second kappa shape index (κ2) is 8.40. The van der Waals surface area contributed by atoms with Crippen LogP contribution in [0, 0.1) is 5.92 Å². The number of benzene rings is 2. The Kier molecular flexibility index (Phi) is 5.53. The van der Waals surface area contributed by atoms with Crippen LogP contribution >= 0.6 is 0 Å². The molecule has 144 valence electrons. The Labute approximate surface area is 165 Å². The van der Waals surface area contributed by atoms with Crippen LogP contribution in [0.1, 0.15) is 23.2 Å². The third-order valence-corrected chi connectivity index (χ3v) is 5.35. The number of carbonyl (C=O) groups is 1. The summed E-state index contributed by atoms with van der Waals surface area (Å²) in [6.07, 6.45) is 2.20. The molecule has 0 spiro atoms. The third-order valence-electron chi connectivity index (χ3n) is 5.35.